The molecule has 26 nitrogen and oxygen atoms in total. The number of carbonyl (C=O) groups is 2. The lowest BCUT2D eigenvalue weighted by molar-refractivity contribution is -0.136. The lowest BCUT2D eigenvalue weighted by atomic mass is 10.1. The number of hydrogen-bond acceptors (Lipinski definition) is 31. The lowest BCUT2D eigenvalue weighted by Gasteiger charge is -1.99. The topological polar surface area (TPSA) is 378 Å². The molecule has 0 amide bonds. The number of carbonyl (C=O) groups excluding carboxylic acids is 1. The van der Waals surface area contributed by atoms with Gasteiger partial charge in [-0.1, -0.05) is 184 Å². The Morgan fingerprint density at radius 3 is 1.07 bits per heavy atom. The quantitative estimate of drug-likeness (QED) is 0.0206. The van der Waals surface area contributed by atoms with Gasteiger partial charge in [0.15, 0.2) is 0 Å². The van der Waals surface area contributed by atoms with Crippen LogP contribution in [0.25, 0.3) is 68.7 Å². The highest BCUT2D eigenvalue weighted by atomic mass is 79.9. The molecule has 6 heterocycles. The zero-order chi connectivity index (χ0) is 76.9. The van der Waals surface area contributed by atoms with Gasteiger partial charge in [0.05, 0.1) is 42.3 Å². The first-order chi connectivity index (χ1) is 51.5. The smallest absolute Gasteiger partial charge is 0.304 e. The summed E-state index contributed by atoms with van der Waals surface area (Å²) in [6.45, 7) is 17.2. The third-order valence-electron chi connectivity index (χ3n) is 12.7. The summed E-state index contributed by atoms with van der Waals surface area (Å²) in [7, 11) is 1.62. The number of Topliss-reactive ketones (excluding diaryl/α,β-unsaturated/α-hetero) is 1. The number of aryl methyl sites for hydroxylation is 1. The molecule has 5 N–H and O–H groups in total. The fraction of sp³-hybridized carbons (Fsp3) is 0.194. The Hall–Kier alpha value is -9.58. The van der Waals surface area contributed by atoms with Gasteiger partial charge in [0, 0.05) is 102 Å². The van der Waals surface area contributed by atoms with Crippen molar-refractivity contribution < 1.29 is 66.4 Å². The highest BCUT2D eigenvalue weighted by Crippen LogP contribution is 2.31. The number of aliphatic hydroxyl groups is 4. The van der Waals surface area contributed by atoms with Gasteiger partial charge in [0.25, 0.3) is 31.3 Å². The monoisotopic (exact) mass is 1670 g/mol. The minimum absolute atomic E-state index is 0.0687. The maximum atomic E-state index is 10.8. The second kappa shape index (κ2) is 45.8. The first-order valence-corrected chi connectivity index (χ1v) is 39.0. The molecule has 0 radical (unpaired) electrons. The SMILES string of the molecule is C=C(O)CCSc1nnc(-c2ccc(Cl)cc2)o1.C=C(O)CCSc1nnc(-c2ccc(OC)cc2)o1.C=C(O)CCSc1nnc(-c2cccc(Cl)c2)o1.C=C(O)CCSc1nnc(-c2ccccc2)o1.CC(=O)CSc1nnc(-c2cccc(C)c2)o1.O=C(O)CCSc1nnc(-c2cccc(Br)c2)o1. The molecular weight excluding hydrogens is 1600 g/mol. The van der Waals surface area contributed by atoms with Crippen molar-refractivity contribution in [2.75, 3.05) is 41.6 Å². The number of benzene rings is 6. The van der Waals surface area contributed by atoms with Crippen molar-refractivity contribution in [2.24, 2.45) is 0 Å². The summed E-state index contributed by atoms with van der Waals surface area (Å²) >= 11 is 23.1. The van der Waals surface area contributed by atoms with Crippen molar-refractivity contribution in [1.82, 2.24) is 61.2 Å². The zero-order valence-corrected chi connectivity index (χ0v) is 65.4. The zero-order valence-electron chi connectivity index (χ0n) is 57.4. The van der Waals surface area contributed by atoms with Gasteiger partial charge in [-0.15, -0.1) is 61.2 Å². The molecule has 35 heteroatoms. The molecule has 0 saturated heterocycles. The normalized spacial score (nSPS) is 10.4. The number of carboxylic acids is 1. The molecule has 0 fully saturated rings. The number of ether oxygens (including phenoxy) is 1. The molecule has 12 aromatic rings. The number of nitrogens with zero attached hydrogens (tertiary/aromatic N) is 12. The van der Waals surface area contributed by atoms with Gasteiger partial charge in [-0.05, 0) is 123 Å². The lowest BCUT2D eigenvalue weighted by Crippen LogP contribution is -1.95. The van der Waals surface area contributed by atoms with Gasteiger partial charge >= 0.3 is 5.97 Å². The highest BCUT2D eigenvalue weighted by molar-refractivity contribution is 9.10. The summed E-state index contributed by atoms with van der Waals surface area (Å²) in [6, 6.07) is 46.7. The number of halogens is 3. The molecule has 0 aliphatic carbocycles. The van der Waals surface area contributed by atoms with E-state index in [1.807, 2.05) is 134 Å². The summed E-state index contributed by atoms with van der Waals surface area (Å²) < 4.78 is 38.9. The molecule has 0 atom stereocenters. The largest absolute Gasteiger partial charge is 0.513 e. The molecule has 0 aliphatic heterocycles. The Morgan fingerprint density at radius 2 is 0.720 bits per heavy atom. The first-order valence-electron chi connectivity index (χ1n) is 31.5. The standard InChI is InChI=1S/C13H14N2O3S.2C12H11ClN2O2S.2C12H12N2O2S.C11H9BrN2O3S/c1-9(16)7-8-19-13-15-14-12(18-13)10-3-5-11(17-2)6-4-10;1-8(16)6-7-18-12-15-14-11(17-12)9-2-4-10(13)5-3-9;1-8(16)5-6-18-12-15-14-11(17-12)9-3-2-4-10(13)7-9;1-8-4-3-5-10(6-8)11-13-14-12(16-11)17-7-9(2)15;1-9(15)7-8-17-12-14-13-11(16-12)10-5-3-2-4-6-10;12-8-3-1-2-7(6-8)10-13-14-11(17-10)18-5-4-9(15)16/h3-6,16H,1,7-8H2,2H3;2-5,16H,1,6-7H2;2-4,7,16H,1,5-6H2;3-6H,7H2,1-2H3;2-6,15H,1,7-8H2;1-3,6H,4-5H2,(H,15,16). The number of carboxylic acid groups (broad SMARTS) is 1. The van der Waals surface area contributed by atoms with Crippen molar-refractivity contribution >= 4 is 121 Å². The van der Waals surface area contributed by atoms with Crippen LogP contribution in [0.2, 0.25) is 10.0 Å². The molecule has 12 rings (SSSR count). The van der Waals surface area contributed by atoms with Gasteiger partial charge in [-0.3, -0.25) is 9.59 Å². The number of rotatable bonds is 30. The molecular formula is C72H69BrCl2N12O14S6. The van der Waals surface area contributed by atoms with Gasteiger partial charge < -0.3 is 56.8 Å². The predicted molar refractivity (Wildman–Crippen MR) is 420 cm³/mol. The van der Waals surface area contributed by atoms with E-state index in [1.54, 1.807) is 31.4 Å². The summed E-state index contributed by atoms with van der Waals surface area (Å²) in [5, 5.41) is 95.5. The van der Waals surface area contributed by atoms with Crippen LogP contribution in [0.5, 0.6) is 5.75 Å². The van der Waals surface area contributed by atoms with Gasteiger partial charge in [0.1, 0.15) is 11.5 Å². The summed E-state index contributed by atoms with van der Waals surface area (Å²) in [5.74, 6) is 6.82. The second-order valence-electron chi connectivity index (χ2n) is 21.4. The Kier molecular flexibility index (Phi) is 36.3. The number of thioether (sulfide) groups is 6. The van der Waals surface area contributed by atoms with E-state index in [9.17, 15) is 9.59 Å². The molecule has 0 saturated carbocycles. The fourth-order valence-corrected chi connectivity index (χ4v) is 12.6. The van der Waals surface area contributed by atoms with Crippen LogP contribution in [0.3, 0.4) is 0 Å². The maximum Gasteiger partial charge on any atom is 0.304 e. The number of aliphatic hydroxyl groups excluding tert-OH is 4. The molecule has 0 spiro atoms. The van der Waals surface area contributed by atoms with Crippen LogP contribution in [0, 0.1) is 6.92 Å². The molecule has 6 aromatic carbocycles. The first kappa shape index (κ1) is 84.7. The fourth-order valence-electron chi connectivity index (χ4n) is 7.65. The third-order valence-corrected chi connectivity index (χ3v) is 18.7. The Bertz CT molecular complexity index is 4680. The minimum atomic E-state index is -0.839. The highest BCUT2D eigenvalue weighted by Gasteiger charge is 2.16. The van der Waals surface area contributed by atoms with Crippen molar-refractivity contribution in [1.29, 1.82) is 0 Å². The van der Waals surface area contributed by atoms with Crippen molar-refractivity contribution in [3.8, 4) is 74.5 Å². The van der Waals surface area contributed by atoms with Crippen LogP contribution in [0.15, 0.2) is 263 Å². The summed E-state index contributed by atoms with van der Waals surface area (Å²) in [4.78, 5) is 21.2. The molecule has 558 valence electrons. The maximum absolute atomic E-state index is 10.8. The van der Waals surface area contributed by atoms with Crippen LogP contribution in [0.1, 0.15) is 44.6 Å². The minimum Gasteiger partial charge on any atom is -0.513 e. The van der Waals surface area contributed by atoms with E-state index >= 15 is 0 Å². The van der Waals surface area contributed by atoms with Crippen molar-refractivity contribution in [2.45, 2.75) is 77.3 Å². The van der Waals surface area contributed by atoms with Gasteiger partial charge in [-0.2, -0.15) is 0 Å². The Labute approximate surface area is 658 Å². The van der Waals surface area contributed by atoms with E-state index in [2.05, 4.69) is 103 Å². The summed E-state index contributed by atoms with van der Waals surface area (Å²) in [6.07, 6.45) is 2.10. The van der Waals surface area contributed by atoms with E-state index in [4.69, 9.17) is 80.0 Å². The predicted octanol–water partition coefficient (Wildman–Crippen LogP) is 20.3. The number of ketones is 1. The van der Waals surface area contributed by atoms with Gasteiger partial charge in [0.2, 0.25) is 35.3 Å². The van der Waals surface area contributed by atoms with Crippen molar-refractivity contribution in [3.05, 3.63) is 221 Å². The molecule has 6 aromatic heterocycles. The number of methoxy groups -OCH3 is 1. The molecule has 0 unspecified atom stereocenters. The van der Waals surface area contributed by atoms with Crippen LogP contribution < -0.4 is 4.74 Å². The van der Waals surface area contributed by atoms with Crippen molar-refractivity contribution in [3.63, 3.8) is 0 Å². The molecule has 107 heavy (non-hydrogen) atoms. The van der Waals surface area contributed by atoms with Crippen LogP contribution >= 0.6 is 110 Å². The molecule has 0 bridgehead atoms. The van der Waals surface area contributed by atoms with E-state index in [1.165, 1.54) is 77.5 Å². The Balaban J connectivity index is 0.000000179. The van der Waals surface area contributed by atoms with E-state index < -0.39 is 5.97 Å². The third kappa shape index (κ3) is 32.2. The average Bonchev–Trinajstić information content (AvgIpc) is 1.79. The Morgan fingerprint density at radius 1 is 0.393 bits per heavy atom. The van der Waals surface area contributed by atoms with E-state index in [-0.39, 0.29) is 35.2 Å². The number of hydrogen-bond donors (Lipinski definition) is 5. The number of aliphatic carboxylic acids is 1. The number of allylic oxidation sites excluding steroid dienone is 4. The van der Waals surface area contributed by atoms with Crippen LogP contribution in [0.4, 0.5) is 0 Å². The van der Waals surface area contributed by atoms with Crippen LogP contribution in [-0.4, -0.2) is 140 Å². The van der Waals surface area contributed by atoms with Gasteiger partial charge in [-0.25, -0.2) is 0 Å². The summed E-state index contributed by atoms with van der Waals surface area (Å²) in [5.41, 5.74) is 6.21. The average molecular weight is 1670 g/mol. The van der Waals surface area contributed by atoms with E-state index in [0.717, 1.165) is 49.2 Å². The van der Waals surface area contributed by atoms with Crippen LogP contribution in [-0.2, 0) is 9.59 Å². The molecule has 0 aliphatic rings. The van der Waals surface area contributed by atoms with E-state index in [0.29, 0.717) is 137 Å². The second-order valence-corrected chi connectivity index (χ2v) is 29.3. The number of aromatic nitrogens is 12.